The van der Waals surface area contributed by atoms with Crippen LogP contribution in [0.5, 0.6) is 0 Å². The lowest BCUT2D eigenvalue weighted by molar-refractivity contribution is -0.143. The number of nitrogens with zero attached hydrogens (tertiary/aromatic N) is 2. The maximum absolute atomic E-state index is 13.1. The van der Waals surface area contributed by atoms with Gasteiger partial charge < -0.3 is 9.88 Å². The fraction of sp³-hybridized carbons (Fsp3) is 0.200. The lowest BCUT2D eigenvalue weighted by Crippen LogP contribution is -2.31. The Labute approximate surface area is 167 Å². The van der Waals surface area contributed by atoms with Crippen molar-refractivity contribution in [2.24, 2.45) is 7.05 Å². The maximum atomic E-state index is 13.1. The SMILES string of the molecule is Cn1ccnc1C(NC(=O)c1cc(C(F)(F)F)cc(C(F)(F)F)c1)c1ccccc1. The van der Waals surface area contributed by atoms with Gasteiger partial charge in [-0.1, -0.05) is 30.3 Å². The molecule has 0 radical (unpaired) electrons. The Hall–Kier alpha value is -3.30. The monoisotopic (exact) mass is 427 g/mol. The van der Waals surface area contributed by atoms with E-state index < -0.39 is 41.0 Å². The van der Waals surface area contributed by atoms with Gasteiger partial charge in [0.05, 0.1) is 11.1 Å². The van der Waals surface area contributed by atoms with E-state index in [9.17, 15) is 31.1 Å². The molecule has 0 spiro atoms. The minimum absolute atomic E-state index is 0.0236. The molecule has 0 aliphatic rings. The topological polar surface area (TPSA) is 46.9 Å². The zero-order valence-electron chi connectivity index (χ0n) is 15.4. The molecule has 0 saturated carbocycles. The highest BCUT2D eigenvalue weighted by molar-refractivity contribution is 5.95. The van der Waals surface area contributed by atoms with Gasteiger partial charge in [0.15, 0.2) is 0 Å². The Morgan fingerprint density at radius 1 is 0.967 bits per heavy atom. The summed E-state index contributed by atoms with van der Waals surface area (Å²) in [6.07, 6.45) is -7.03. The van der Waals surface area contributed by atoms with E-state index >= 15 is 0 Å². The fourth-order valence-corrected chi connectivity index (χ4v) is 2.90. The highest BCUT2D eigenvalue weighted by atomic mass is 19.4. The summed E-state index contributed by atoms with van der Waals surface area (Å²) in [6, 6.07) is 8.29. The molecule has 1 atom stereocenters. The Balaban J connectivity index is 2.03. The highest BCUT2D eigenvalue weighted by Gasteiger charge is 2.37. The third-order valence-corrected chi connectivity index (χ3v) is 4.37. The second-order valence-electron chi connectivity index (χ2n) is 6.51. The molecule has 2 aromatic carbocycles. The maximum Gasteiger partial charge on any atom is 0.416 e. The molecule has 3 rings (SSSR count). The van der Waals surface area contributed by atoms with Gasteiger partial charge in [0, 0.05) is 25.0 Å². The normalized spacial score (nSPS) is 13.2. The first-order valence-electron chi connectivity index (χ1n) is 8.59. The summed E-state index contributed by atoms with van der Waals surface area (Å²) in [5, 5.41) is 2.49. The summed E-state index contributed by atoms with van der Waals surface area (Å²) in [5.74, 6) is -0.735. The van der Waals surface area contributed by atoms with Gasteiger partial charge in [-0.25, -0.2) is 4.98 Å². The smallest absolute Gasteiger partial charge is 0.338 e. The number of imidazole rings is 1. The van der Waals surface area contributed by atoms with Crippen LogP contribution in [0.1, 0.15) is 38.9 Å². The van der Waals surface area contributed by atoms with E-state index in [-0.39, 0.29) is 6.07 Å². The average molecular weight is 427 g/mol. The quantitative estimate of drug-likeness (QED) is 0.598. The molecular weight excluding hydrogens is 412 g/mol. The lowest BCUT2D eigenvalue weighted by Gasteiger charge is -2.20. The summed E-state index contributed by atoms with van der Waals surface area (Å²) < 4.78 is 80.1. The minimum atomic E-state index is -5.05. The number of carbonyl (C=O) groups excluding carboxylic acids is 1. The van der Waals surface area contributed by atoms with Gasteiger partial charge in [-0.05, 0) is 23.8 Å². The number of aromatic nitrogens is 2. The van der Waals surface area contributed by atoms with Crippen molar-refractivity contribution in [1.29, 1.82) is 0 Å². The van der Waals surface area contributed by atoms with Crippen LogP contribution in [0.4, 0.5) is 26.3 Å². The second kappa shape index (κ2) is 7.85. The highest BCUT2D eigenvalue weighted by Crippen LogP contribution is 2.36. The fourth-order valence-electron chi connectivity index (χ4n) is 2.90. The molecule has 10 heteroatoms. The number of rotatable bonds is 4. The van der Waals surface area contributed by atoms with E-state index in [0.717, 1.165) is 0 Å². The number of benzene rings is 2. The van der Waals surface area contributed by atoms with Crippen LogP contribution in [0, 0.1) is 0 Å². The van der Waals surface area contributed by atoms with Gasteiger partial charge in [-0.2, -0.15) is 26.3 Å². The first-order chi connectivity index (χ1) is 14.0. The molecule has 3 aromatic rings. The zero-order valence-corrected chi connectivity index (χ0v) is 15.4. The predicted molar refractivity (Wildman–Crippen MR) is 95.4 cm³/mol. The number of nitrogens with one attached hydrogen (secondary N) is 1. The van der Waals surface area contributed by atoms with Gasteiger partial charge in [-0.15, -0.1) is 0 Å². The average Bonchev–Trinajstić information content (AvgIpc) is 3.10. The number of amides is 1. The summed E-state index contributed by atoms with van der Waals surface area (Å²) in [5.41, 5.74) is -3.32. The van der Waals surface area contributed by atoms with Crippen LogP contribution >= 0.6 is 0 Å². The molecule has 158 valence electrons. The van der Waals surface area contributed by atoms with Crippen molar-refractivity contribution >= 4 is 5.91 Å². The molecule has 0 aliphatic heterocycles. The number of hydrogen-bond donors (Lipinski definition) is 1. The van der Waals surface area contributed by atoms with Gasteiger partial charge in [0.1, 0.15) is 11.9 Å². The molecule has 1 N–H and O–H groups in total. The first kappa shape index (κ1) is 21.4. The van der Waals surface area contributed by atoms with E-state index in [1.165, 1.54) is 6.20 Å². The molecule has 1 heterocycles. The Morgan fingerprint density at radius 2 is 1.53 bits per heavy atom. The van der Waals surface area contributed by atoms with E-state index in [1.807, 2.05) is 0 Å². The van der Waals surface area contributed by atoms with Crippen molar-refractivity contribution in [2.75, 3.05) is 0 Å². The second-order valence-corrected chi connectivity index (χ2v) is 6.51. The van der Waals surface area contributed by atoms with Crippen molar-refractivity contribution in [1.82, 2.24) is 14.9 Å². The number of hydrogen-bond acceptors (Lipinski definition) is 2. The zero-order chi connectivity index (χ0) is 22.1. The van der Waals surface area contributed by atoms with Crippen molar-refractivity contribution in [2.45, 2.75) is 18.4 Å². The van der Waals surface area contributed by atoms with Gasteiger partial charge >= 0.3 is 12.4 Å². The summed E-state index contributed by atoms with van der Waals surface area (Å²) in [7, 11) is 1.65. The van der Waals surface area contributed by atoms with Gasteiger partial charge in [-0.3, -0.25) is 4.79 Å². The van der Waals surface area contributed by atoms with Crippen LogP contribution in [0.3, 0.4) is 0 Å². The molecule has 1 unspecified atom stereocenters. The molecule has 1 aromatic heterocycles. The van der Waals surface area contributed by atoms with Gasteiger partial charge in [0.2, 0.25) is 0 Å². The molecular formula is C20H15F6N3O. The molecule has 1 amide bonds. The van der Waals surface area contributed by atoms with Crippen LogP contribution in [0.15, 0.2) is 60.9 Å². The molecule has 30 heavy (non-hydrogen) atoms. The number of aryl methyl sites for hydroxylation is 1. The largest absolute Gasteiger partial charge is 0.416 e. The van der Waals surface area contributed by atoms with Crippen molar-refractivity contribution < 1.29 is 31.1 Å². The Morgan fingerprint density at radius 3 is 2.00 bits per heavy atom. The first-order valence-corrected chi connectivity index (χ1v) is 8.59. The minimum Gasteiger partial charge on any atom is -0.338 e. The Kier molecular flexibility index (Phi) is 5.60. The van der Waals surface area contributed by atoms with Crippen molar-refractivity contribution in [3.8, 4) is 0 Å². The Bertz CT molecular complexity index is 1010. The van der Waals surface area contributed by atoms with Crippen LogP contribution in [0.2, 0.25) is 0 Å². The number of alkyl halides is 6. The van der Waals surface area contributed by atoms with E-state index in [2.05, 4.69) is 10.3 Å². The number of carbonyl (C=O) groups is 1. The van der Waals surface area contributed by atoms with Crippen LogP contribution in [-0.2, 0) is 19.4 Å². The molecule has 0 fully saturated rings. The lowest BCUT2D eigenvalue weighted by atomic mass is 10.0. The molecule has 0 bridgehead atoms. The van der Waals surface area contributed by atoms with Gasteiger partial charge in [0.25, 0.3) is 5.91 Å². The molecule has 4 nitrogen and oxygen atoms in total. The van der Waals surface area contributed by atoms with E-state index in [4.69, 9.17) is 0 Å². The van der Waals surface area contributed by atoms with Crippen molar-refractivity contribution in [3.05, 3.63) is 89.0 Å². The molecule has 0 saturated heterocycles. The summed E-state index contributed by atoms with van der Waals surface area (Å²) >= 11 is 0. The standard InChI is InChI=1S/C20H15F6N3O/c1-29-8-7-27-17(29)16(12-5-3-2-4-6-12)28-18(30)13-9-14(19(21,22)23)11-15(10-13)20(24,25)26/h2-11,16H,1H3,(H,28,30). The predicted octanol–water partition coefficient (Wildman–Crippen LogP) is 4.98. The summed E-state index contributed by atoms with van der Waals surface area (Å²) in [4.78, 5) is 16.9. The van der Waals surface area contributed by atoms with Crippen LogP contribution in [0.25, 0.3) is 0 Å². The van der Waals surface area contributed by atoms with Crippen LogP contribution < -0.4 is 5.32 Å². The van der Waals surface area contributed by atoms with E-state index in [0.29, 0.717) is 23.5 Å². The molecule has 0 aliphatic carbocycles. The summed E-state index contributed by atoms with van der Waals surface area (Å²) in [6.45, 7) is 0. The van der Waals surface area contributed by atoms with Crippen LogP contribution in [-0.4, -0.2) is 15.5 Å². The van der Waals surface area contributed by atoms with E-state index in [1.54, 1.807) is 48.1 Å². The third-order valence-electron chi connectivity index (χ3n) is 4.37. The third kappa shape index (κ3) is 4.64. The number of halogens is 6. The van der Waals surface area contributed by atoms with Crippen molar-refractivity contribution in [3.63, 3.8) is 0 Å².